The summed E-state index contributed by atoms with van der Waals surface area (Å²) in [5.41, 5.74) is -1.64. The van der Waals surface area contributed by atoms with E-state index < -0.39 is 23.3 Å². The van der Waals surface area contributed by atoms with Crippen LogP contribution < -0.4 is 5.32 Å². The van der Waals surface area contributed by atoms with Crippen molar-refractivity contribution in [1.82, 2.24) is 20.0 Å². The number of hydrogen-bond acceptors (Lipinski definition) is 3. The number of para-hydroxylation sites is 1. The number of carbonyl (C=O) groups is 1. The summed E-state index contributed by atoms with van der Waals surface area (Å²) in [6.07, 6.45) is -3.86. The smallest absolute Gasteiger partial charge is 0.351 e. The van der Waals surface area contributed by atoms with Crippen LogP contribution >= 0.6 is 11.6 Å². The van der Waals surface area contributed by atoms with Gasteiger partial charge in [0.25, 0.3) is 5.91 Å². The van der Waals surface area contributed by atoms with Gasteiger partial charge in [-0.25, -0.2) is 4.68 Å². The van der Waals surface area contributed by atoms with Gasteiger partial charge in [-0.15, -0.1) is 0 Å². The molecule has 0 fully saturated rings. The number of benzene rings is 1. The molecule has 1 amide bonds. The van der Waals surface area contributed by atoms with E-state index in [2.05, 4.69) is 10.4 Å². The van der Waals surface area contributed by atoms with Crippen molar-refractivity contribution in [2.75, 3.05) is 27.2 Å². The lowest BCUT2D eigenvalue weighted by molar-refractivity contribution is -0.143. The molecule has 0 aliphatic rings. The number of nitrogens with zero attached hydrogens (tertiary/aromatic N) is 3. The van der Waals surface area contributed by atoms with Gasteiger partial charge in [0.15, 0.2) is 5.69 Å². The lowest BCUT2D eigenvalue weighted by atomic mass is 10.2. The highest BCUT2D eigenvalue weighted by molar-refractivity contribution is 6.32. The molecule has 5 nitrogen and oxygen atoms in total. The fourth-order valence-electron chi connectivity index (χ4n) is 2.08. The number of amides is 1. The average molecular weight is 361 g/mol. The van der Waals surface area contributed by atoms with Crippen molar-refractivity contribution in [1.29, 1.82) is 0 Å². The Balaban J connectivity index is 2.41. The third-order valence-corrected chi connectivity index (χ3v) is 3.53. The first-order valence-electron chi connectivity index (χ1n) is 7.05. The first kappa shape index (κ1) is 18.3. The topological polar surface area (TPSA) is 50.2 Å². The third-order valence-electron chi connectivity index (χ3n) is 3.21. The molecule has 0 unspecified atom stereocenters. The lowest BCUT2D eigenvalue weighted by Crippen LogP contribution is -2.32. The monoisotopic (exact) mass is 360 g/mol. The van der Waals surface area contributed by atoms with Gasteiger partial charge < -0.3 is 10.2 Å². The molecule has 1 aromatic carbocycles. The van der Waals surface area contributed by atoms with Crippen LogP contribution in [0.25, 0.3) is 5.69 Å². The molecule has 1 aromatic heterocycles. The average Bonchev–Trinajstić information content (AvgIpc) is 2.92. The van der Waals surface area contributed by atoms with Crippen LogP contribution in [-0.4, -0.2) is 47.8 Å². The molecular weight excluding hydrogens is 345 g/mol. The molecule has 0 saturated heterocycles. The summed E-state index contributed by atoms with van der Waals surface area (Å²) in [5.74, 6) is -0.831. The minimum atomic E-state index is -4.76. The zero-order valence-electron chi connectivity index (χ0n) is 13.1. The Labute approximate surface area is 142 Å². The summed E-state index contributed by atoms with van der Waals surface area (Å²) in [7, 11) is 3.59. The Bertz CT molecular complexity index is 728. The summed E-state index contributed by atoms with van der Waals surface area (Å²) < 4.78 is 41.1. The number of aromatic nitrogens is 2. The van der Waals surface area contributed by atoms with Gasteiger partial charge in [0.1, 0.15) is 0 Å². The molecule has 0 bridgehead atoms. The van der Waals surface area contributed by atoms with Crippen molar-refractivity contribution in [3.8, 4) is 5.69 Å². The number of nitrogens with one attached hydrogen (secondary N) is 1. The second-order valence-corrected chi connectivity index (χ2v) is 5.73. The lowest BCUT2D eigenvalue weighted by Gasteiger charge is -2.14. The van der Waals surface area contributed by atoms with Crippen molar-refractivity contribution >= 4 is 17.5 Å². The summed E-state index contributed by atoms with van der Waals surface area (Å²) >= 11 is 5.95. The van der Waals surface area contributed by atoms with Gasteiger partial charge in [-0.3, -0.25) is 4.79 Å². The molecule has 1 heterocycles. The van der Waals surface area contributed by atoms with Gasteiger partial charge in [-0.05, 0) is 26.2 Å². The second-order valence-electron chi connectivity index (χ2n) is 5.33. The summed E-state index contributed by atoms with van der Waals surface area (Å²) in [6.45, 7) is 0.728. The second kappa shape index (κ2) is 7.23. The predicted molar refractivity (Wildman–Crippen MR) is 84.5 cm³/mol. The van der Waals surface area contributed by atoms with Crippen LogP contribution in [0.15, 0.2) is 30.5 Å². The van der Waals surface area contributed by atoms with Gasteiger partial charge in [0.05, 0.1) is 22.5 Å². The largest absolute Gasteiger partial charge is 0.434 e. The van der Waals surface area contributed by atoms with E-state index in [0.29, 0.717) is 11.2 Å². The van der Waals surface area contributed by atoms with Gasteiger partial charge in [0.2, 0.25) is 0 Å². The van der Waals surface area contributed by atoms with E-state index in [1.165, 1.54) is 12.1 Å². The van der Waals surface area contributed by atoms with Crippen molar-refractivity contribution in [3.63, 3.8) is 0 Å². The van der Waals surface area contributed by atoms with Crippen LogP contribution in [0, 0.1) is 0 Å². The minimum Gasteiger partial charge on any atom is -0.351 e. The van der Waals surface area contributed by atoms with Crippen molar-refractivity contribution < 1.29 is 18.0 Å². The Morgan fingerprint density at radius 1 is 1.33 bits per heavy atom. The maximum absolute atomic E-state index is 13.5. The van der Waals surface area contributed by atoms with Crippen LogP contribution in [0.1, 0.15) is 16.1 Å². The highest BCUT2D eigenvalue weighted by Crippen LogP contribution is 2.35. The Hall–Kier alpha value is -2.06. The minimum absolute atomic E-state index is 0.0545. The number of alkyl halides is 3. The van der Waals surface area contributed by atoms with Crippen LogP contribution in [0.2, 0.25) is 5.02 Å². The van der Waals surface area contributed by atoms with Crippen LogP contribution in [-0.2, 0) is 6.18 Å². The zero-order chi connectivity index (χ0) is 17.9. The first-order chi connectivity index (χ1) is 11.2. The van der Waals surface area contributed by atoms with Crippen LogP contribution in [0.5, 0.6) is 0 Å². The van der Waals surface area contributed by atoms with Gasteiger partial charge >= 0.3 is 6.18 Å². The van der Waals surface area contributed by atoms with Crippen LogP contribution in [0.3, 0.4) is 0 Å². The molecule has 0 radical (unpaired) electrons. The van der Waals surface area contributed by atoms with E-state index in [1.807, 2.05) is 0 Å². The van der Waals surface area contributed by atoms with Gasteiger partial charge in [-0.2, -0.15) is 18.3 Å². The highest BCUT2D eigenvalue weighted by Gasteiger charge is 2.40. The number of halogens is 4. The zero-order valence-corrected chi connectivity index (χ0v) is 13.8. The maximum atomic E-state index is 13.5. The van der Waals surface area contributed by atoms with Crippen molar-refractivity contribution in [2.24, 2.45) is 0 Å². The van der Waals surface area contributed by atoms with E-state index in [9.17, 15) is 18.0 Å². The van der Waals surface area contributed by atoms with E-state index in [-0.39, 0.29) is 17.3 Å². The molecule has 24 heavy (non-hydrogen) atoms. The van der Waals surface area contributed by atoms with E-state index in [0.717, 1.165) is 6.20 Å². The number of likely N-dealkylation sites (N-methyl/N-ethyl adjacent to an activating group) is 1. The number of rotatable bonds is 5. The Morgan fingerprint density at radius 2 is 2.00 bits per heavy atom. The molecule has 2 aromatic rings. The fraction of sp³-hybridized carbons (Fsp3) is 0.333. The van der Waals surface area contributed by atoms with E-state index in [4.69, 9.17) is 11.6 Å². The van der Waals surface area contributed by atoms with E-state index in [1.54, 1.807) is 31.1 Å². The molecule has 0 saturated carbocycles. The summed E-state index contributed by atoms with van der Waals surface area (Å²) in [4.78, 5) is 13.9. The molecule has 1 N–H and O–H groups in total. The van der Waals surface area contributed by atoms with E-state index >= 15 is 0 Å². The van der Waals surface area contributed by atoms with Gasteiger partial charge in [0, 0.05) is 13.1 Å². The number of carbonyl (C=O) groups excluding carboxylic acids is 1. The highest BCUT2D eigenvalue weighted by atomic mass is 35.5. The van der Waals surface area contributed by atoms with Crippen molar-refractivity contribution in [3.05, 3.63) is 46.7 Å². The SMILES string of the molecule is CN(C)CCNC(=O)c1cnn(-c2ccccc2Cl)c1C(F)(F)F. The number of hydrogen-bond donors (Lipinski definition) is 1. The van der Waals surface area contributed by atoms with Gasteiger partial charge in [-0.1, -0.05) is 23.7 Å². The maximum Gasteiger partial charge on any atom is 0.434 e. The molecular formula is C15H16ClF3N4O. The predicted octanol–water partition coefficient (Wildman–Crippen LogP) is 2.84. The Morgan fingerprint density at radius 3 is 2.58 bits per heavy atom. The molecule has 0 spiro atoms. The molecule has 0 aliphatic heterocycles. The molecule has 0 atom stereocenters. The fourth-order valence-corrected chi connectivity index (χ4v) is 2.30. The Kier molecular flexibility index (Phi) is 5.51. The van der Waals surface area contributed by atoms with Crippen LogP contribution in [0.4, 0.5) is 13.2 Å². The molecule has 0 aliphatic carbocycles. The first-order valence-corrected chi connectivity index (χ1v) is 7.42. The molecule has 130 valence electrons. The normalized spacial score (nSPS) is 11.8. The van der Waals surface area contributed by atoms with Crippen molar-refractivity contribution in [2.45, 2.75) is 6.18 Å². The molecule has 9 heteroatoms. The standard InChI is InChI=1S/C15H16ClF3N4O/c1-22(2)8-7-20-14(24)10-9-21-23(13(10)15(17,18)19)12-6-4-3-5-11(12)16/h3-6,9H,7-8H2,1-2H3,(H,20,24). The summed E-state index contributed by atoms with van der Waals surface area (Å²) in [5, 5.41) is 6.28. The third kappa shape index (κ3) is 4.07. The molecule has 2 rings (SSSR count). The summed E-state index contributed by atoms with van der Waals surface area (Å²) in [6, 6.07) is 5.99. The quantitative estimate of drug-likeness (QED) is 0.892.